The molecule has 36 heavy (non-hydrogen) atoms. The Labute approximate surface area is 211 Å². The van der Waals surface area contributed by atoms with E-state index in [1.165, 1.54) is 63.9 Å². The predicted molar refractivity (Wildman–Crippen MR) is 133 cm³/mol. The van der Waals surface area contributed by atoms with Crippen LogP contribution in [-0.2, 0) is 7.05 Å². The van der Waals surface area contributed by atoms with Crippen molar-refractivity contribution in [2.45, 2.75) is 6.42 Å². The van der Waals surface area contributed by atoms with E-state index >= 15 is 0 Å². The lowest BCUT2D eigenvalue weighted by Crippen LogP contribution is -2.33. The van der Waals surface area contributed by atoms with E-state index < -0.39 is 22.7 Å². The van der Waals surface area contributed by atoms with Gasteiger partial charge in [0.05, 0.1) is 35.4 Å². The highest BCUT2D eigenvalue weighted by Crippen LogP contribution is 2.18. The summed E-state index contributed by atoms with van der Waals surface area (Å²) < 4.78 is 3.64. The third-order valence-corrected chi connectivity index (χ3v) is 5.07. The Morgan fingerprint density at radius 3 is 2.42 bits per heavy atom. The monoisotopic (exact) mass is 520 g/mol. The number of aromatic nitrogens is 4. The molecule has 0 saturated carbocycles. The Hall–Kier alpha value is -4.66. The van der Waals surface area contributed by atoms with Crippen molar-refractivity contribution in [3.05, 3.63) is 58.8 Å². The Bertz CT molecular complexity index is 1310. The molecule has 0 aromatic carbocycles. The van der Waals surface area contributed by atoms with E-state index in [9.17, 15) is 24.5 Å². The minimum atomic E-state index is -0.702. The van der Waals surface area contributed by atoms with Crippen LogP contribution < -0.4 is 16.0 Å². The van der Waals surface area contributed by atoms with E-state index in [1.807, 2.05) is 0 Å². The first-order valence-electron chi connectivity index (χ1n) is 10.2. The first-order valence-corrected chi connectivity index (χ1v) is 10.2. The van der Waals surface area contributed by atoms with Crippen molar-refractivity contribution < 1.29 is 19.3 Å². The van der Waals surface area contributed by atoms with Gasteiger partial charge in [-0.2, -0.15) is 4.68 Å². The number of hydrogen-bond acceptors (Lipinski definition) is 7. The van der Waals surface area contributed by atoms with Crippen LogP contribution in [0.25, 0.3) is 0 Å². The van der Waals surface area contributed by atoms with E-state index in [0.717, 1.165) is 10.7 Å². The lowest BCUT2D eigenvalue weighted by atomic mass is 10.3. The summed E-state index contributed by atoms with van der Waals surface area (Å²) >= 11 is 0. The van der Waals surface area contributed by atoms with Gasteiger partial charge in [0.2, 0.25) is 0 Å². The number of nitrogens with one attached hydrogen (secondary N) is 2. The van der Waals surface area contributed by atoms with E-state index in [4.69, 9.17) is 11.1 Å². The first-order chi connectivity index (χ1) is 16.5. The molecule has 3 amide bonds. The van der Waals surface area contributed by atoms with Crippen LogP contribution in [0.3, 0.4) is 0 Å². The van der Waals surface area contributed by atoms with Crippen LogP contribution in [0.4, 0.5) is 26.8 Å². The molecule has 3 rings (SSSR count). The molecule has 0 unspecified atom stereocenters. The van der Waals surface area contributed by atoms with Gasteiger partial charge in [-0.05, 0) is 17.1 Å². The molecule has 0 aliphatic rings. The number of rotatable bonds is 7. The number of amides is 3. The molecule has 192 valence electrons. The number of nitrogens with two attached hydrogens (primary N) is 1. The van der Waals surface area contributed by atoms with Crippen LogP contribution in [0.1, 0.15) is 16.9 Å². The van der Waals surface area contributed by atoms with Gasteiger partial charge < -0.3 is 26.1 Å². The normalized spacial score (nSPS) is 10.3. The highest BCUT2D eigenvalue weighted by atomic mass is 35.5. The van der Waals surface area contributed by atoms with E-state index in [2.05, 4.69) is 10.4 Å². The van der Waals surface area contributed by atoms with Gasteiger partial charge in [0.1, 0.15) is 0 Å². The maximum absolute atomic E-state index is 12.9. The summed E-state index contributed by atoms with van der Waals surface area (Å²) in [5, 5.41) is 24.3. The van der Waals surface area contributed by atoms with Gasteiger partial charge in [0.15, 0.2) is 5.69 Å². The van der Waals surface area contributed by atoms with Crippen molar-refractivity contribution in [1.29, 1.82) is 5.41 Å². The molecule has 15 nitrogen and oxygen atoms in total. The number of halogens is 1. The van der Waals surface area contributed by atoms with Crippen molar-refractivity contribution in [2.24, 2.45) is 12.8 Å². The number of aryl methyl sites for hydroxylation is 1. The average Bonchev–Trinajstić information content (AvgIpc) is 3.55. The van der Waals surface area contributed by atoms with Gasteiger partial charge in [-0.3, -0.25) is 24.2 Å². The second kappa shape index (κ2) is 11.2. The maximum Gasteiger partial charge on any atom is 0.390 e. The second-order valence-corrected chi connectivity index (χ2v) is 7.63. The number of hydrogen-bond donors (Lipinski definition) is 3. The number of anilines is 2. The van der Waals surface area contributed by atoms with Crippen molar-refractivity contribution in [3.8, 4) is 0 Å². The summed E-state index contributed by atoms with van der Waals surface area (Å²) in [6.07, 6.45) is 6.09. The smallest absolute Gasteiger partial charge is 0.388 e. The molecule has 3 heterocycles. The molecule has 3 aromatic rings. The fraction of sp³-hybridized carbons (Fsp3) is 0.250. The minimum absolute atomic E-state index is 0. The molecule has 3 aromatic heterocycles. The topological polar surface area (TPSA) is 190 Å². The van der Waals surface area contributed by atoms with Crippen LogP contribution in [-0.4, -0.2) is 73.2 Å². The summed E-state index contributed by atoms with van der Waals surface area (Å²) in [4.78, 5) is 50.7. The molecule has 0 fully saturated rings. The first kappa shape index (κ1) is 27.6. The zero-order valence-electron chi connectivity index (χ0n) is 19.6. The van der Waals surface area contributed by atoms with Crippen molar-refractivity contribution >= 4 is 53.4 Å². The molecule has 0 radical (unpaired) electrons. The highest BCUT2D eigenvalue weighted by molar-refractivity contribution is 6.03. The van der Waals surface area contributed by atoms with Gasteiger partial charge in [0, 0.05) is 51.8 Å². The van der Waals surface area contributed by atoms with E-state index in [0.29, 0.717) is 11.4 Å². The van der Waals surface area contributed by atoms with Gasteiger partial charge in [0.25, 0.3) is 5.91 Å². The second-order valence-electron chi connectivity index (χ2n) is 7.63. The fourth-order valence-electron chi connectivity index (χ4n) is 3.11. The zero-order chi connectivity index (χ0) is 25.9. The van der Waals surface area contributed by atoms with Crippen LogP contribution in [0, 0.1) is 15.5 Å². The van der Waals surface area contributed by atoms with Crippen molar-refractivity contribution in [3.63, 3.8) is 0 Å². The Kier molecular flexibility index (Phi) is 8.56. The lowest BCUT2D eigenvalue weighted by Gasteiger charge is -2.18. The van der Waals surface area contributed by atoms with Crippen LogP contribution in [0.2, 0.25) is 0 Å². The number of carbonyl (C=O) groups is 3. The molecule has 4 N–H and O–H groups in total. The zero-order valence-corrected chi connectivity index (χ0v) is 20.4. The van der Waals surface area contributed by atoms with Crippen LogP contribution >= 0.6 is 12.4 Å². The molecule has 0 spiro atoms. The molecule has 0 aliphatic heterocycles. The Balaban J connectivity index is 0.00000456. The number of nitrogens with zero attached hydrogens (tertiary/aromatic N) is 7. The summed E-state index contributed by atoms with van der Waals surface area (Å²) in [5.41, 5.74) is 6.05. The summed E-state index contributed by atoms with van der Waals surface area (Å²) in [7, 11) is 4.52. The summed E-state index contributed by atoms with van der Waals surface area (Å²) in [5.74, 6) is -1.11. The molecular weight excluding hydrogens is 496 g/mol. The lowest BCUT2D eigenvalue weighted by molar-refractivity contribution is -0.389. The third-order valence-electron chi connectivity index (χ3n) is 5.07. The fourth-order valence-corrected chi connectivity index (χ4v) is 3.11. The van der Waals surface area contributed by atoms with Crippen molar-refractivity contribution in [2.75, 3.05) is 30.9 Å². The minimum Gasteiger partial charge on any atom is -0.388 e. The van der Waals surface area contributed by atoms with Gasteiger partial charge in [-0.15, -0.1) is 12.4 Å². The third kappa shape index (κ3) is 6.06. The Morgan fingerprint density at radius 1 is 1.17 bits per heavy atom. The maximum atomic E-state index is 12.9. The van der Waals surface area contributed by atoms with Crippen LogP contribution in [0.15, 0.2) is 43.0 Å². The van der Waals surface area contributed by atoms with Gasteiger partial charge in [-0.1, -0.05) is 0 Å². The number of amidine groups is 1. The van der Waals surface area contributed by atoms with Crippen LogP contribution in [0.5, 0.6) is 0 Å². The molecule has 0 bridgehead atoms. The van der Waals surface area contributed by atoms with Crippen molar-refractivity contribution in [1.82, 2.24) is 23.8 Å². The molecule has 0 aliphatic carbocycles. The summed E-state index contributed by atoms with van der Waals surface area (Å²) in [6, 6.07) is 3.33. The average molecular weight is 521 g/mol. The standard InChI is InChI=1S/C20H24N10O5.ClH/c1-25(7-6-16(21)22)19(32)29-9-5-14(12-29)26(2)20(33)28-8-4-13(11-28)23-18(31)15-10-17(30(34)35)24-27(15)3;/h4-5,8-12H,6-7H2,1-3H3,(H3,21,22)(H,23,31);1H. The molecule has 0 saturated heterocycles. The number of nitro groups is 1. The molecule has 0 atom stereocenters. The Morgan fingerprint density at radius 2 is 1.81 bits per heavy atom. The molecule has 16 heteroatoms. The highest BCUT2D eigenvalue weighted by Gasteiger charge is 2.22. The number of carbonyl (C=O) groups excluding carboxylic acids is 3. The summed E-state index contributed by atoms with van der Waals surface area (Å²) in [6.45, 7) is 0.278. The van der Waals surface area contributed by atoms with Gasteiger partial charge in [-0.25, -0.2) is 9.59 Å². The SMILES string of the molecule is CN(CCC(=N)N)C(=O)n1ccc(N(C)C(=O)n2ccc(NC(=O)c3cc([N+](=O)[O-])nn3C)c2)c1.Cl. The largest absolute Gasteiger partial charge is 0.390 e. The predicted octanol–water partition coefficient (Wildman–Crippen LogP) is 1.94. The van der Waals surface area contributed by atoms with E-state index in [-0.39, 0.29) is 42.9 Å². The van der Waals surface area contributed by atoms with Gasteiger partial charge >= 0.3 is 17.9 Å². The molecular formula is C20H25ClN10O5. The van der Waals surface area contributed by atoms with E-state index in [1.54, 1.807) is 13.1 Å². The quantitative estimate of drug-likeness (QED) is 0.183.